The van der Waals surface area contributed by atoms with Crippen molar-refractivity contribution in [2.45, 2.75) is 13.1 Å². The summed E-state index contributed by atoms with van der Waals surface area (Å²) in [5.74, 6) is -0.328. The first-order valence-electron chi connectivity index (χ1n) is 7.02. The summed E-state index contributed by atoms with van der Waals surface area (Å²) in [6.45, 7) is 1.68. The van der Waals surface area contributed by atoms with Gasteiger partial charge in [0.05, 0.1) is 11.3 Å². The number of benzene rings is 1. The van der Waals surface area contributed by atoms with E-state index in [2.05, 4.69) is 15.0 Å². The number of hydrogen-bond donors (Lipinski definition) is 0. The van der Waals surface area contributed by atoms with E-state index in [0.717, 1.165) is 6.07 Å². The zero-order valence-corrected chi connectivity index (χ0v) is 12.6. The van der Waals surface area contributed by atoms with Crippen LogP contribution in [-0.4, -0.2) is 15.0 Å². The van der Waals surface area contributed by atoms with Gasteiger partial charge in [0.15, 0.2) is 0 Å². The van der Waals surface area contributed by atoms with Gasteiger partial charge in [0.25, 0.3) is 0 Å². The van der Waals surface area contributed by atoms with Crippen molar-refractivity contribution in [1.29, 1.82) is 0 Å². The molecule has 0 radical (unpaired) electrons. The molecule has 1 aromatic carbocycles. The topological polar surface area (TPSA) is 47.9 Å². The highest BCUT2D eigenvalue weighted by atomic mass is 19.4. The van der Waals surface area contributed by atoms with Crippen molar-refractivity contribution in [3.05, 3.63) is 66.1 Å². The Morgan fingerprint density at radius 1 is 1.04 bits per heavy atom. The summed E-state index contributed by atoms with van der Waals surface area (Å²) in [5.41, 5.74) is 0.990. The molecule has 0 aliphatic carbocycles. The van der Waals surface area contributed by atoms with Crippen LogP contribution in [-0.2, 0) is 6.18 Å². The van der Waals surface area contributed by atoms with Gasteiger partial charge in [-0.05, 0) is 42.8 Å². The van der Waals surface area contributed by atoms with E-state index < -0.39 is 11.7 Å². The lowest BCUT2D eigenvalue weighted by molar-refractivity contribution is -0.138. The molecule has 0 unspecified atom stereocenters. The van der Waals surface area contributed by atoms with E-state index in [-0.39, 0.29) is 11.8 Å². The summed E-state index contributed by atoms with van der Waals surface area (Å²) in [5, 5.41) is 0. The number of hydrogen-bond acceptors (Lipinski definition) is 4. The van der Waals surface area contributed by atoms with Crippen LogP contribution in [0.5, 0.6) is 11.8 Å². The van der Waals surface area contributed by atoms with Crippen molar-refractivity contribution in [1.82, 2.24) is 15.0 Å². The third-order valence-electron chi connectivity index (χ3n) is 3.23. The molecule has 0 bridgehead atoms. The number of alkyl halides is 3. The minimum Gasteiger partial charge on any atom is -0.424 e. The molecule has 3 rings (SSSR count). The molecule has 0 N–H and O–H groups in total. The predicted octanol–water partition coefficient (Wildman–Crippen LogP) is 4.66. The summed E-state index contributed by atoms with van der Waals surface area (Å²) in [6.07, 6.45) is 0.113. The quantitative estimate of drug-likeness (QED) is 0.700. The molecule has 0 saturated heterocycles. The van der Waals surface area contributed by atoms with Crippen LogP contribution in [0.1, 0.15) is 11.1 Å². The fourth-order valence-electron chi connectivity index (χ4n) is 2.11. The molecule has 0 saturated carbocycles. The lowest BCUT2D eigenvalue weighted by atomic mass is 10.1. The Morgan fingerprint density at radius 3 is 2.58 bits per heavy atom. The SMILES string of the molecule is Cc1ccc(C(F)(F)F)c(Oc2nccc(-c3cccnc3)n2)c1. The summed E-state index contributed by atoms with van der Waals surface area (Å²) in [4.78, 5) is 12.0. The number of aromatic nitrogens is 3. The van der Waals surface area contributed by atoms with Gasteiger partial charge in [0.1, 0.15) is 5.75 Å². The second-order valence-electron chi connectivity index (χ2n) is 5.07. The second-order valence-corrected chi connectivity index (χ2v) is 5.07. The van der Waals surface area contributed by atoms with Crippen LogP contribution in [0.4, 0.5) is 13.2 Å². The maximum absolute atomic E-state index is 13.1. The molecule has 0 aliphatic heterocycles. The van der Waals surface area contributed by atoms with Crippen molar-refractivity contribution in [2.75, 3.05) is 0 Å². The fourth-order valence-corrected chi connectivity index (χ4v) is 2.11. The van der Waals surface area contributed by atoms with Crippen LogP contribution in [0.2, 0.25) is 0 Å². The highest BCUT2D eigenvalue weighted by Crippen LogP contribution is 2.38. The number of halogens is 3. The average Bonchev–Trinajstić information content (AvgIpc) is 2.55. The minimum atomic E-state index is -4.52. The summed E-state index contributed by atoms with van der Waals surface area (Å²) < 4.78 is 44.6. The molecule has 4 nitrogen and oxygen atoms in total. The highest BCUT2D eigenvalue weighted by Gasteiger charge is 2.34. The molecule has 24 heavy (non-hydrogen) atoms. The fraction of sp³-hybridized carbons (Fsp3) is 0.118. The first-order chi connectivity index (χ1) is 11.4. The molecular weight excluding hydrogens is 319 g/mol. The van der Waals surface area contributed by atoms with Gasteiger partial charge in [-0.1, -0.05) is 6.07 Å². The summed E-state index contributed by atoms with van der Waals surface area (Å²) in [7, 11) is 0. The van der Waals surface area contributed by atoms with Crippen molar-refractivity contribution in [3.63, 3.8) is 0 Å². The van der Waals surface area contributed by atoms with E-state index in [4.69, 9.17) is 4.74 Å². The Morgan fingerprint density at radius 2 is 1.88 bits per heavy atom. The van der Waals surface area contributed by atoms with Gasteiger partial charge in [0.2, 0.25) is 0 Å². The van der Waals surface area contributed by atoms with E-state index in [1.807, 2.05) is 0 Å². The van der Waals surface area contributed by atoms with Gasteiger partial charge in [0, 0.05) is 24.2 Å². The van der Waals surface area contributed by atoms with Crippen LogP contribution < -0.4 is 4.74 Å². The maximum Gasteiger partial charge on any atom is 0.419 e. The lowest BCUT2D eigenvalue weighted by Gasteiger charge is -2.13. The van der Waals surface area contributed by atoms with Crippen molar-refractivity contribution in [3.8, 4) is 23.0 Å². The average molecular weight is 331 g/mol. The first kappa shape index (κ1) is 15.9. The molecule has 2 heterocycles. The molecule has 0 spiro atoms. The zero-order valence-electron chi connectivity index (χ0n) is 12.6. The zero-order chi connectivity index (χ0) is 17.2. The molecule has 0 amide bonds. The van der Waals surface area contributed by atoms with Crippen LogP contribution in [0.3, 0.4) is 0 Å². The Bertz CT molecular complexity index is 851. The molecule has 0 atom stereocenters. The second kappa shape index (κ2) is 6.27. The van der Waals surface area contributed by atoms with E-state index in [1.165, 1.54) is 18.3 Å². The Hall–Kier alpha value is -2.96. The first-order valence-corrected chi connectivity index (χ1v) is 7.02. The van der Waals surface area contributed by atoms with Crippen molar-refractivity contribution in [2.24, 2.45) is 0 Å². The van der Waals surface area contributed by atoms with Gasteiger partial charge in [-0.3, -0.25) is 4.98 Å². The van der Waals surface area contributed by atoms with Crippen molar-refractivity contribution < 1.29 is 17.9 Å². The number of pyridine rings is 1. The normalized spacial score (nSPS) is 11.3. The largest absolute Gasteiger partial charge is 0.424 e. The van der Waals surface area contributed by atoms with Crippen LogP contribution in [0.25, 0.3) is 11.3 Å². The summed E-state index contributed by atoms with van der Waals surface area (Å²) in [6, 6.07) is 8.66. The lowest BCUT2D eigenvalue weighted by Crippen LogP contribution is -2.08. The van der Waals surface area contributed by atoms with E-state index in [1.54, 1.807) is 37.5 Å². The Kier molecular flexibility index (Phi) is 4.16. The number of rotatable bonds is 3. The third kappa shape index (κ3) is 3.51. The van der Waals surface area contributed by atoms with Gasteiger partial charge >= 0.3 is 12.2 Å². The van der Waals surface area contributed by atoms with Crippen LogP contribution in [0.15, 0.2) is 55.0 Å². The third-order valence-corrected chi connectivity index (χ3v) is 3.23. The Balaban J connectivity index is 1.97. The van der Waals surface area contributed by atoms with Crippen LogP contribution in [0, 0.1) is 6.92 Å². The maximum atomic E-state index is 13.1. The molecule has 3 aromatic rings. The van der Waals surface area contributed by atoms with Crippen molar-refractivity contribution >= 4 is 0 Å². The number of nitrogens with zero attached hydrogens (tertiary/aromatic N) is 3. The molecule has 7 heteroatoms. The molecule has 0 aliphatic rings. The van der Waals surface area contributed by atoms with E-state index >= 15 is 0 Å². The van der Waals surface area contributed by atoms with Crippen LogP contribution >= 0.6 is 0 Å². The molecule has 0 fully saturated rings. The minimum absolute atomic E-state index is 0.160. The van der Waals surface area contributed by atoms with Gasteiger partial charge in [-0.15, -0.1) is 0 Å². The highest BCUT2D eigenvalue weighted by molar-refractivity contribution is 5.57. The summed E-state index contributed by atoms with van der Waals surface area (Å²) >= 11 is 0. The molecule has 122 valence electrons. The van der Waals surface area contributed by atoms with Gasteiger partial charge < -0.3 is 4.74 Å². The number of ether oxygens (including phenoxy) is 1. The smallest absolute Gasteiger partial charge is 0.419 e. The van der Waals surface area contributed by atoms with E-state index in [9.17, 15) is 13.2 Å². The standard InChI is InChI=1S/C17H12F3N3O/c1-11-4-5-13(17(18,19)20)15(9-11)24-16-22-8-6-14(23-16)12-3-2-7-21-10-12/h2-10H,1H3. The van der Waals surface area contributed by atoms with Gasteiger partial charge in [-0.2, -0.15) is 18.2 Å². The van der Waals surface area contributed by atoms with Gasteiger partial charge in [-0.25, -0.2) is 4.98 Å². The Labute approximate surface area is 136 Å². The molecular formula is C17H12F3N3O. The monoisotopic (exact) mass is 331 g/mol. The molecule has 2 aromatic heterocycles. The predicted molar refractivity (Wildman–Crippen MR) is 81.5 cm³/mol. The number of aryl methyl sites for hydroxylation is 1. The van der Waals surface area contributed by atoms with E-state index in [0.29, 0.717) is 16.8 Å².